The van der Waals surface area contributed by atoms with Gasteiger partial charge in [-0.25, -0.2) is 0 Å². The number of aromatic nitrogens is 1. The van der Waals surface area contributed by atoms with Crippen molar-refractivity contribution in [2.24, 2.45) is 0 Å². The van der Waals surface area contributed by atoms with E-state index in [0.29, 0.717) is 5.92 Å². The fourth-order valence-electron chi connectivity index (χ4n) is 3.43. The third-order valence-corrected chi connectivity index (χ3v) is 4.57. The second kappa shape index (κ2) is 6.86. The van der Waals surface area contributed by atoms with E-state index >= 15 is 0 Å². The van der Waals surface area contributed by atoms with Crippen LogP contribution in [0.15, 0.2) is 48.8 Å². The first kappa shape index (κ1) is 14.3. The van der Waals surface area contributed by atoms with Crippen LogP contribution in [0.3, 0.4) is 0 Å². The third kappa shape index (κ3) is 3.70. The van der Waals surface area contributed by atoms with Crippen molar-refractivity contribution in [1.82, 2.24) is 4.98 Å². The number of aliphatic hydroxyl groups is 1. The normalized spacial score (nSPS) is 19.0. The van der Waals surface area contributed by atoms with Crippen molar-refractivity contribution >= 4 is 0 Å². The van der Waals surface area contributed by atoms with Gasteiger partial charge < -0.3 is 5.11 Å². The summed E-state index contributed by atoms with van der Waals surface area (Å²) < 4.78 is 0. The quantitative estimate of drug-likeness (QED) is 0.902. The lowest BCUT2D eigenvalue weighted by molar-refractivity contribution is 0.142. The molecule has 1 heterocycles. The van der Waals surface area contributed by atoms with Crippen molar-refractivity contribution < 1.29 is 5.11 Å². The Kier molecular flexibility index (Phi) is 4.66. The van der Waals surface area contributed by atoms with Crippen LogP contribution in [0.4, 0.5) is 0 Å². The zero-order valence-corrected chi connectivity index (χ0v) is 12.4. The van der Waals surface area contributed by atoms with Crippen molar-refractivity contribution in [2.75, 3.05) is 0 Å². The predicted molar refractivity (Wildman–Crippen MR) is 85.3 cm³/mol. The van der Waals surface area contributed by atoms with Gasteiger partial charge in [-0.1, -0.05) is 24.3 Å². The molecule has 0 amide bonds. The van der Waals surface area contributed by atoms with Gasteiger partial charge in [0.25, 0.3) is 0 Å². The predicted octanol–water partition coefficient (Wildman–Crippen LogP) is 3.89. The van der Waals surface area contributed by atoms with Gasteiger partial charge in [-0.15, -0.1) is 0 Å². The van der Waals surface area contributed by atoms with Crippen molar-refractivity contribution in [3.8, 4) is 0 Å². The van der Waals surface area contributed by atoms with Gasteiger partial charge in [-0.3, -0.25) is 4.98 Å². The van der Waals surface area contributed by atoms with E-state index in [1.165, 1.54) is 36.0 Å². The SMILES string of the molecule is OC(CCc1ccncc1)CC1CCCc2ccccc21. The van der Waals surface area contributed by atoms with Gasteiger partial charge in [-0.05, 0) is 73.3 Å². The summed E-state index contributed by atoms with van der Waals surface area (Å²) in [6.45, 7) is 0. The first-order chi connectivity index (χ1) is 10.3. The Morgan fingerprint density at radius 3 is 2.81 bits per heavy atom. The number of nitrogens with zero attached hydrogens (tertiary/aromatic N) is 1. The average molecular weight is 281 g/mol. The lowest BCUT2D eigenvalue weighted by Crippen LogP contribution is -2.17. The maximum absolute atomic E-state index is 10.4. The molecular formula is C19H23NO. The summed E-state index contributed by atoms with van der Waals surface area (Å²) in [5.41, 5.74) is 4.20. The van der Waals surface area contributed by atoms with E-state index in [-0.39, 0.29) is 6.10 Å². The molecule has 1 N–H and O–H groups in total. The van der Waals surface area contributed by atoms with E-state index in [4.69, 9.17) is 0 Å². The Bertz CT molecular complexity index is 567. The van der Waals surface area contributed by atoms with Crippen molar-refractivity contribution in [2.45, 2.75) is 50.5 Å². The Hall–Kier alpha value is -1.67. The number of aryl methyl sites for hydroxylation is 2. The molecule has 0 aliphatic heterocycles. The summed E-state index contributed by atoms with van der Waals surface area (Å²) in [5.74, 6) is 0.530. The summed E-state index contributed by atoms with van der Waals surface area (Å²) in [5, 5.41) is 10.4. The molecule has 0 bridgehead atoms. The highest BCUT2D eigenvalue weighted by Gasteiger charge is 2.22. The van der Waals surface area contributed by atoms with Crippen LogP contribution in [0, 0.1) is 0 Å². The van der Waals surface area contributed by atoms with E-state index in [0.717, 1.165) is 19.3 Å². The summed E-state index contributed by atoms with van der Waals surface area (Å²) in [4.78, 5) is 4.03. The van der Waals surface area contributed by atoms with E-state index < -0.39 is 0 Å². The molecular weight excluding hydrogens is 258 g/mol. The molecule has 0 radical (unpaired) electrons. The molecule has 0 fully saturated rings. The van der Waals surface area contributed by atoms with Crippen LogP contribution in [-0.2, 0) is 12.8 Å². The van der Waals surface area contributed by atoms with Gasteiger partial charge >= 0.3 is 0 Å². The molecule has 0 saturated heterocycles. The molecule has 1 aliphatic rings. The highest BCUT2D eigenvalue weighted by atomic mass is 16.3. The second-order valence-corrected chi connectivity index (χ2v) is 6.07. The number of aliphatic hydroxyl groups excluding tert-OH is 1. The van der Waals surface area contributed by atoms with Gasteiger partial charge in [0.1, 0.15) is 0 Å². The molecule has 21 heavy (non-hydrogen) atoms. The van der Waals surface area contributed by atoms with E-state index in [1.807, 2.05) is 24.5 Å². The van der Waals surface area contributed by atoms with Gasteiger partial charge in [-0.2, -0.15) is 0 Å². The first-order valence-corrected chi connectivity index (χ1v) is 7.97. The molecule has 1 aromatic heterocycles. The second-order valence-electron chi connectivity index (χ2n) is 6.07. The van der Waals surface area contributed by atoms with Gasteiger partial charge in [0.05, 0.1) is 6.10 Å². The number of fused-ring (bicyclic) bond motifs is 1. The fraction of sp³-hybridized carbons (Fsp3) is 0.421. The summed E-state index contributed by atoms with van der Waals surface area (Å²) in [6, 6.07) is 12.8. The Labute approximate surface area is 126 Å². The minimum Gasteiger partial charge on any atom is -0.393 e. The van der Waals surface area contributed by atoms with Crippen LogP contribution in [0.5, 0.6) is 0 Å². The minimum absolute atomic E-state index is 0.214. The van der Waals surface area contributed by atoms with E-state index in [1.54, 1.807) is 0 Å². The third-order valence-electron chi connectivity index (χ3n) is 4.57. The van der Waals surface area contributed by atoms with Crippen molar-refractivity contribution in [3.63, 3.8) is 0 Å². The summed E-state index contributed by atoms with van der Waals surface area (Å²) in [7, 11) is 0. The molecule has 3 rings (SSSR count). The first-order valence-electron chi connectivity index (χ1n) is 7.97. The summed E-state index contributed by atoms with van der Waals surface area (Å²) >= 11 is 0. The van der Waals surface area contributed by atoms with Crippen LogP contribution >= 0.6 is 0 Å². The maximum Gasteiger partial charge on any atom is 0.0549 e. The minimum atomic E-state index is -0.214. The van der Waals surface area contributed by atoms with Crippen LogP contribution in [0.2, 0.25) is 0 Å². The van der Waals surface area contributed by atoms with Crippen LogP contribution < -0.4 is 0 Å². The molecule has 2 heteroatoms. The largest absolute Gasteiger partial charge is 0.393 e. The molecule has 2 aromatic rings. The maximum atomic E-state index is 10.4. The zero-order valence-electron chi connectivity index (χ0n) is 12.4. The number of hydrogen-bond acceptors (Lipinski definition) is 2. The van der Waals surface area contributed by atoms with E-state index in [2.05, 4.69) is 29.2 Å². The molecule has 1 aromatic carbocycles. The summed E-state index contributed by atoms with van der Waals surface area (Å²) in [6.07, 6.45) is 9.73. The smallest absolute Gasteiger partial charge is 0.0549 e. The Morgan fingerprint density at radius 1 is 1.14 bits per heavy atom. The molecule has 1 aliphatic carbocycles. The van der Waals surface area contributed by atoms with Gasteiger partial charge in [0.15, 0.2) is 0 Å². The number of hydrogen-bond donors (Lipinski definition) is 1. The van der Waals surface area contributed by atoms with Crippen LogP contribution in [0.25, 0.3) is 0 Å². The molecule has 2 atom stereocenters. The molecule has 2 unspecified atom stereocenters. The van der Waals surface area contributed by atoms with Gasteiger partial charge in [0, 0.05) is 12.4 Å². The van der Waals surface area contributed by atoms with Crippen molar-refractivity contribution in [3.05, 3.63) is 65.5 Å². The Balaban J connectivity index is 1.57. The molecule has 110 valence electrons. The highest BCUT2D eigenvalue weighted by Crippen LogP contribution is 2.35. The topological polar surface area (TPSA) is 33.1 Å². The molecule has 2 nitrogen and oxygen atoms in total. The highest BCUT2D eigenvalue weighted by molar-refractivity contribution is 5.32. The van der Waals surface area contributed by atoms with Crippen LogP contribution in [0.1, 0.15) is 48.3 Å². The molecule has 0 saturated carbocycles. The van der Waals surface area contributed by atoms with E-state index in [9.17, 15) is 5.11 Å². The monoisotopic (exact) mass is 281 g/mol. The zero-order chi connectivity index (χ0) is 14.5. The van der Waals surface area contributed by atoms with Crippen molar-refractivity contribution in [1.29, 1.82) is 0 Å². The van der Waals surface area contributed by atoms with Gasteiger partial charge in [0.2, 0.25) is 0 Å². The average Bonchev–Trinajstić information content (AvgIpc) is 2.54. The fourth-order valence-corrected chi connectivity index (χ4v) is 3.43. The lowest BCUT2D eigenvalue weighted by atomic mass is 9.79. The molecule has 0 spiro atoms. The standard InChI is InChI=1S/C19H23NO/c21-18(9-8-15-10-12-20-13-11-15)14-17-6-3-5-16-4-1-2-7-19(16)17/h1-2,4,7,10-13,17-18,21H,3,5-6,8-9,14H2. The Morgan fingerprint density at radius 2 is 1.95 bits per heavy atom. The number of rotatable bonds is 5. The van der Waals surface area contributed by atoms with Crippen LogP contribution in [-0.4, -0.2) is 16.2 Å². The lowest BCUT2D eigenvalue weighted by Gasteiger charge is -2.27. The number of pyridine rings is 1. The number of benzene rings is 1.